The number of hydrogen-bond donors (Lipinski definition) is 2. The first-order valence-corrected chi connectivity index (χ1v) is 6.40. The Morgan fingerprint density at radius 2 is 2.30 bits per heavy atom. The quantitative estimate of drug-likeness (QED) is 0.798. The number of aromatic carboxylic acids is 1. The van der Waals surface area contributed by atoms with Crippen LogP contribution in [-0.2, 0) is 15.9 Å². The first kappa shape index (κ1) is 14.4. The number of carbonyl (C=O) groups is 2. The third-order valence-electron chi connectivity index (χ3n) is 3.23. The Morgan fingerprint density at radius 1 is 1.55 bits per heavy atom. The van der Waals surface area contributed by atoms with Crippen molar-refractivity contribution in [3.8, 4) is 5.75 Å². The van der Waals surface area contributed by atoms with E-state index in [1.807, 2.05) is 0 Å². The van der Waals surface area contributed by atoms with Gasteiger partial charge in [-0.2, -0.15) is 0 Å². The Balaban J connectivity index is 2.30. The molecular formula is C13H16BNO5. The number of benzene rings is 1. The van der Waals surface area contributed by atoms with Crippen LogP contribution in [0.5, 0.6) is 5.75 Å². The van der Waals surface area contributed by atoms with Crippen molar-refractivity contribution < 1.29 is 24.0 Å². The fraction of sp³-hybridized carbons (Fsp3) is 0.385. The van der Waals surface area contributed by atoms with Gasteiger partial charge in [-0.1, -0.05) is 19.1 Å². The molecule has 0 fully saturated rings. The molecule has 0 spiro atoms. The van der Waals surface area contributed by atoms with Crippen LogP contribution >= 0.6 is 0 Å². The van der Waals surface area contributed by atoms with Gasteiger partial charge < -0.3 is 19.7 Å². The summed E-state index contributed by atoms with van der Waals surface area (Å²) in [4.78, 5) is 22.7. The van der Waals surface area contributed by atoms with Crippen LogP contribution in [0.25, 0.3) is 0 Å². The lowest BCUT2D eigenvalue weighted by Gasteiger charge is -2.30. The monoisotopic (exact) mass is 277 g/mol. The summed E-state index contributed by atoms with van der Waals surface area (Å²) >= 11 is 0. The zero-order chi connectivity index (χ0) is 14.7. The Hall–Kier alpha value is -2.02. The molecule has 106 valence electrons. The average molecular weight is 277 g/mol. The predicted molar refractivity (Wildman–Crippen MR) is 72.7 cm³/mol. The number of para-hydroxylation sites is 1. The molecule has 1 aliphatic rings. The minimum atomic E-state index is -1.05. The van der Waals surface area contributed by atoms with Crippen LogP contribution in [0.15, 0.2) is 18.2 Å². The number of carbonyl (C=O) groups excluding carboxylic acids is 1. The third-order valence-corrected chi connectivity index (χ3v) is 3.23. The number of rotatable bonds is 4. The van der Waals surface area contributed by atoms with Crippen molar-refractivity contribution in [2.75, 3.05) is 7.11 Å². The first-order valence-electron chi connectivity index (χ1n) is 6.40. The van der Waals surface area contributed by atoms with Crippen molar-refractivity contribution >= 4 is 19.0 Å². The van der Waals surface area contributed by atoms with E-state index >= 15 is 0 Å². The molecule has 2 rings (SSSR count). The lowest BCUT2D eigenvalue weighted by atomic mass is 9.71. The Kier molecular flexibility index (Phi) is 4.29. The van der Waals surface area contributed by atoms with E-state index in [1.54, 1.807) is 19.1 Å². The molecule has 0 aromatic heterocycles. The van der Waals surface area contributed by atoms with Gasteiger partial charge in [0.25, 0.3) is 0 Å². The van der Waals surface area contributed by atoms with Crippen molar-refractivity contribution in [2.24, 2.45) is 0 Å². The summed E-state index contributed by atoms with van der Waals surface area (Å²) in [6.45, 7) is 1.76. The second-order valence-electron chi connectivity index (χ2n) is 4.55. The van der Waals surface area contributed by atoms with Crippen LogP contribution in [0.3, 0.4) is 0 Å². The van der Waals surface area contributed by atoms with Gasteiger partial charge >= 0.3 is 13.1 Å². The number of fused-ring (bicyclic) bond motifs is 1. The maximum atomic E-state index is 11.5. The summed E-state index contributed by atoms with van der Waals surface area (Å²) in [5.41, 5.74) is 0.851. The van der Waals surface area contributed by atoms with Gasteiger partial charge in [-0.25, -0.2) is 4.79 Å². The predicted octanol–water partition coefficient (Wildman–Crippen LogP) is 0.888. The fourth-order valence-corrected chi connectivity index (χ4v) is 2.22. The van der Waals surface area contributed by atoms with Crippen molar-refractivity contribution in [1.29, 1.82) is 0 Å². The van der Waals surface area contributed by atoms with Gasteiger partial charge in [0.05, 0.1) is 11.5 Å². The zero-order valence-electron chi connectivity index (χ0n) is 11.4. The molecule has 1 aromatic rings. The number of amides is 1. The highest BCUT2D eigenvalue weighted by Crippen LogP contribution is 2.30. The molecule has 1 heterocycles. The van der Waals surface area contributed by atoms with Crippen LogP contribution in [-0.4, -0.2) is 37.2 Å². The molecule has 20 heavy (non-hydrogen) atoms. The molecule has 0 bridgehead atoms. The zero-order valence-corrected chi connectivity index (χ0v) is 11.4. The highest BCUT2D eigenvalue weighted by atomic mass is 16.6. The number of nitrogens with one attached hydrogen (secondary N) is 1. The second-order valence-corrected chi connectivity index (χ2v) is 4.55. The Labute approximate surface area is 117 Å². The van der Waals surface area contributed by atoms with Gasteiger partial charge in [0, 0.05) is 13.5 Å². The van der Waals surface area contributed by atoms with Gasteiger partial charge in [-0.3, -0.25) is 4.79 Å². The summed E-state index contributed by atoms with van der Waals surface area (Å²) in [5, 5.41) is 12.0. The molecule has 0 saturated heterocycles. The molecule has 1 aliphatic heterocycles. The molecular weight excluding hydrogens is 261 g/mol. The van der Waals surface area contributed by atoms with E-state index in [4.69, 9.17) is 14.4 Å². The van der Waals surface area contributed by atoms with Gasteiger partial charge in [-0.15, -0.1) is 0 Å². The SMILES string of the molecule is CCC(=O)N[C@H]1Cc2cccc(C(=O)O)c2OB1OC. The molecule has 0 unspecified atom stereocenters. The summed E-state index contributed by atoms with van der Waals surface area (Å²) < 4.78 is 10.8. The number of carboxylic acid groups (broad SMARTS) is 1. The van der Waals surface area contributed by atoms with E-state index in [0.717, 1.165) is 5.56 Å². The van der Waals surface area contributed by atoms with Gasteiger partial charge in [0.15, 0.2) is 0 Å². The Bertz CT molecular complexity index is 533. The first-order chi connectivity index (χ1) is 9.56. The van der Waals surface area contributed by atoms with E-state index in [-0.39, 0.29) is 17.4 Å². The third kappa shape index (κ3) is 2.77. The lowest BCUT2D eigenvalue weighted by molar-refractivity contribution is -0.121. The van der Waals surface area contributed by atoms with Crippen molar-refractivity contribution in [3.63, 3.8) is 0 Å². The largest absolute Gasteiger partial charge is 0.549 e. The molecule has 0 saturated carbocycles. The van der Waals surface area contributed by atoms with Crippen LogP contribution in [0.1, 0.15) is 29.3 Å². The Morgan fingerprint density at radius 3 is 2.90 bits per heavy atom. The summed E-state index contributed by atoms with van der Waals surface area (Å²) in [5.74, 6) is -1.16. The van der Waals surface area contributed by atoms with Crippen molar-refractivity contribution in [1.82, 2.24) is 5.32 Å². The molecule has 6 nitrogen and oxygen atoms in total. The smallest absolute Gasteiger partial charge is 0.534 e. The van der Waals surface area contributed by atoms with E-state index in [9.17, 15) is 9.59 Å². The average Bonchev–Trinajstić information content (AvgIpc) is 2.45. The van der Waals surface area contributed by atoms with Gasteiger partial charge in [-0.05, 0) is 18.1 Å². The summed E-state index contributed by atoms with van der Waals surface area (Å²) in [6.07, 6.45) is 0.843. The van der Waals surface area contributed by atoms with E-state index in [0.29, 0.717) is 18.6 Å². The topological polar surface area (TPSA) is 84.9 Å². The molecule has 1 aromatic carbocycles. The molecule has 0 aliphatic carbocycles. The van der Waals surface area contributed by atoms with Crippen LogP contribution < -0.4 is 9.97 Å². The molecule has 0 radical (unpaired) electrons. The molecule has 1 atom stereocenters. The minimum Gasteiger partial charge on any atom is -0.534 e. The maximum absolute atomic E-state index is 11.5. The fourth-order valence-electron chi connectivity index (χ4n) is 2.22. The highest BCUT2D eigenvalue weighted by molar-refractivity contribution is 6.48. The van der Waals surface area contributed by atoms with Crippen molar-refractivity contribution in [2.45, 2.75) is 25.7 Å². The lowest BCUT2D eigenvalue weighted by Crippen LogP contribution is -2.54. The van der Waals surface area contributed by atoms with Crippen molar-refractivity contribution in [3.05, 3.63) is 29.3 Å². The van der Waals surface area contributed by atoms with Crippen LogP contribution in [0, 0.1) is 0 Å². The van der Waals surface area contributed by atoms with E-state index < -0.39 is 13.1 Å². The van der Waals surface area contributed by atoms with E-state index in [1.165, 1.54) is 13.2 Å². The second kappa shape index (κ2) is 5.96. The number of hydrogen-bond acceptors (Lipinski definition) is 4. The summed E-state index contributed by atoms with van der Waals surface area (Å²) in [7, 11) is 0.767. The number of carboxylic acids is 1. The molecule has 1 amide bonds. The standard InChI is InChI=1S/C13H16BNO5/c1-3-11(16)15-10-7-8-5-4-6-9(13(17)18)12(8)20-14(10)19-2/h4-6,10H,3,7H2,1-2H3,(H,15,16)(H,17,18)/t10-/m0/s1. The van der Waals surface area contributed by atoms with Gasteiger partial charge in [0.2, 0.25) is 5.91 Å². The minimum absolute atomic E-state index is 0.0986. The van der Waals surface area contributed by atoms with Crippen LogP contribution in [0.4, 0.5) is 0 Å². The highest BCUT2D eigenvalue weighted by Gasteiger charge is 2.39. The maximum Gasteiger partial charge on any atom is 0.549 e. The van der Waals surface area contributed by atoms with E-state index in [2.05, 4.69) is 5.32 Å². The van der Waals surface area contributed by atoms with Gasteiger partial charge in [0.1, 0.15) is 5.75 Å². The summed E-state index contributed by atoms with van der Waals surface area (Å²) in [6, 6.07) is 4.94. The normalized spacial score (nSPS) is 17.1. The van der Waals surface area contributed by atoms with Crippen LogP contribution in [0.2, 0.25) is 0 Å². The molecule has 2 N–H and O–H groups in total. The molecule has 7 heteroatoms.